The predicted molar refractivity (Wildman–Crippen MR) is 130 cm³/mol. The lowest BCUT2D eigenvalue weighted by Crippen LogP contribution is -2.67. The molecule has 0 spiro atoms. The summed E-state index contributed by atoms with van der Waals surface area (Å²) in [6.45, 7) is 14.3. The fourth-order valence-corrected chi connectivity index (χ4v) is 9.68. The Labute approximate surface area is 197 Å². The van der Waals surface area contributed by atoms with Gasteiger partial charge in [0.25, 0.3) is 0 Å². The van der Waals surface area contributed by atoms with Crippen LogP contribution in [0.5, 0.6) is 0 Å². The third-order valence-corrected chi connectivity index (χ3v) is 11.8. The number of hydrogen-bond donors (Lipinski definition) is 2. The van der Waals surface area contributed by atoms with Gasteiger partial charge in [-0.2, -0.15) is 0 Å². The minimum Gasteiger partial charge on any atom is -0.393 e. The number of carbonyl (C=O) groups excluding carboxylic acids is 1. The highest BCUT2D eigenvalue weighted by Gasteiger charge is 2.67. The molecule has 10 atom stereocenters. The molecule has 0 heterocycles. The molecule has 32 heavy (non-hydrogen) atoms. The fraction of sp³-hybridized carbons (Fsp3) is 0.966. The quantitative estimate of drug-likeness (QED) is 0.496. The van der Waals surface area contributed by atoms with Crippen LogP contribution in [0, 0.1) is 52.3 Å². The van der Waals surface area contributed by atoms with Crippen LogP contribution in [0.15, 0.2) is 0 Å². The third-order valence-electron chi connectivity index (χ3n) is 11.8. The molecule has 4 saturated carbocycles. The summed E-state index contributed by atoms with van der Waals surface area (Å²) in [4.78, 5) is 13.4. The number of Topliss-reactive ketones (excluding diaryl/α,β-unsaturated/α-hetero) is 1. The van der Waals surface area contributed by atoms with Gasteiger partial charge in [-0.3, -0.25) is 4.79 Å². The molecule has 3 nitrogen and oxygen atoms in total. The number of aliphatic hydroxyl groups excluding tert-OH is 1. The van der Waals surface area contributed by atoms with Crippen molar-refractivity contribution in [3.05, 3.63) is 0 Å². The Balaban J connectivity index is 1.52. The summed E-state index contributed by atoms with van der Waals surface area (Å²) in [5, 5.41) is 21.8. The topological polar surface area (TPSA) is 57.5 Å². The van der Waals surface area contributed by atoms with Gasteiger partial charge in [0.2, 0.25) is 0 Å². The van der Waals surface area contributed by atoms with E-state index in [9.17, 15) is 15.0 Å². The second-order valence-electron chi connectivity index (χ2n) is 13.4. The Bertz CT molecular complexity index is 703. The highest BCUT2D eigenvalue weighted by atomic mass is 16.3. The molecule has 0 amide bonds. The van der Waals surface area contributed by atoms with Crippen molar-refractivity contribution in [2.45, 2.75) is 124 Å². The molecule has 0 aromatic heterocycles. The first kappa shape index (κ1) is 24.7. The summed E-state index contributed by atoms with van der Waals surface area (Å²) >= 11 is 0. The maximum Gasteiger partial charge on any atom is 0.165 e. The number of hydrogen-bond acceptors (Lipinski definition) is 3. The Morgan fingerprint density at radius 2 is 1.72 bits per heavy atom. The largest absolute Gasteiger partial charge is 0.393 e. The van der Waals surface area contributed by atoms with E-state index in [0.29, 0.717) is 29.6 Å². The number of aliphatic hydroxyl groups is 2. The number of ketones is 1. The van der Waals surface area contributed by atoms with E-state index in [-0.39, 0.29) is 17.6 Å². The summed E-state index contributed by atoms with van der Waals surface area (Å²) in [6, 6.07) is 0. The first-order valence-corrected chi connectivity index (χ1v) is 13.9. The van der Waals surface area contributed by atoms with Gasteiger partial charge >= 0.3 is 0 Å². The van der Waals surface area contributed by atoms with Gasteiger partial charge in [0.1, 0.15) is 5.60 Å². The van der Waals surface area contributed by atoms with E-state index >= 15 is 0 Å². The summed E-state index contributed by atoms with van der Waals surface area (Å²) in [7, 11) is 0. The maximum absolute atomic E-state index is 13.4. The van der Waals surface area contributed by atoms with Crippen LogP contribution in [0.4, 0.5) is 0 Å². The standard InChI is InChI=1S/C29H50O3/c1-7-20(18(2)3)9-8-19(4)23-10-11-24-22-16-26(31)29(32)17-21(30)12-15-28(29,6)25(22)13-14-27(23,24)5/h18-25,30,32H,7-17H2,1-6H3/t19-,20-,21+,22?,23?,24?,25?,27-,28-,29+/m1/s1. The summed E-state index contributed by atoms with van der Waals surface area (Å²) in [5.41, 5.74) is -1.32. The average Bonchev–Trinajstić information content (AvgIpc) is 3.08. The summed E-state index contributed by atoms with van der Waals surface area (Å²) in [6.07, 6.45) is 10.7. The van der Waals surface area contributed by atoms with Crippen LogP contribution >= 0.6 is 0 Å². The van der Waals surface area contributed by atoms with E-state index in [2.05, 4.69) is 41.5 Å². The SMILES string of the molecule is CC[C@H](CC[C@@H](C)C1CCC2C3CC(=O)[C@@]4(O)C[C@@H](O)CC[C@]4(C)C3CC[C@@]21C)C(C)C. The zero-order valence-electron chi connectivity index (χ0n) is 21.7. The van der Waals surface area contributed by atoms with Crippen molar-refractivity contribution in [1.29, 1.82) is 0 Å². The van der Waals surface area contributed by atoms with Crippen LogP contribution in [-0.2, 0) is 4.79 Å². The fourth-order valence-electron chi connectivity index (χ4n) is 9.68. The Hall–Kier alpha value is -0.410. The molecule has 0 bridgehead atoms. The third kappa shape index (κ3) is 3.63. The Morgan fingerprint density at radius 3 is 2.38 bits per heavy atom. The predicted octanol–water partition coefficient (Wildman–Crippen LogP) is 6.40. The highest BCUT2D eigenvalue weighted by molar-refractivity contribution is 5.89. The van der Waals surface area contributed by atoms with E-state index in [1.165, 1.54) is 38.5 Å². The van der Waals surface area contributed by atoms with Crippen LogP contribution in [0.2, 0.25) is 0 Å². The van der Waals surface area contributed by atoms with Gasteiger partial charge in [-0.05, 0) is 91.8 Å². The van der Waals surface area contributed by atoms with Gasteiger partial charge in [-0.25, -0.2) is 0 Å². The summed E-state index contributed by atoms with van der Waals surface area (Å²) in [5.74, 6) is 4.65. The molecule has 0 saturated heterocycles. The second kappa shape index (κ2) is 8.67. The van der Waals surface area contributed by atoms with E-state index in [4.69, 9.17) is 0 Å². The first-order chi connectivity index (χ1) is 15.0. The van der Waals surface area contributed by atoms with Crippen molar-refractivity contribution in [2.24, 2.45) is 52.3 Å². The normalized spacial score (nSPS) is 48.2. The lowest BCUT2D eigenvalue weighted by atomic mass is 9.42. The minimum atomic E-state index is -1.31. The molecule has 4 unspecified atom stereocenters. The first-order valence-electron chi connectivity index (χ1n) is 13.9. The van der Waals surface area contributed by atoms with Crippen LogP contribution in [0.3, 0.4) is 0 Å². The summed E-state index contributed by atoms with van der Waals surface area (Å²) < 4.78 is 0. The van der Waals surface area contributed by atoms with Gasteiger partial charge in [0.15, 0.2) is 5.78 Å². The van der Waals surface area contributed by atoms with Gasteiger partial charge in [-0.15, -0.1) is 0 Å². The van der Waals surface area contributed by atoms with Gasteiger partial charge in [0.05, 0.1) is 6.10 Å². The van der Waals surface area contributed by atoms with Crippen molar-refractivity contribution >= 4 is 5.78 Å². The molecular weight excluding hydrogens is 396 g/mol. The average molecular weight is 447 g/mol. The monoisotopic (exact) mass is 446 g/mol. The Kier molecular flexibility index (Phi) is 6.69. The van der Waals surface area contributed by atoms with Crippen molar-refractivity contribution in [3.8, 4) is 0 Å². The molecule has 0 aliphatic heterocycles. The molecule has 4 aliphatic carbocycles. The lowest BCUT2D eigenvalue weighted by Gasteiger charge is -2.63. The highest BCUT2D eigenvalue weighted by Crippen LogP contribution is 2.68. The van der Waals surface area contributed by atoms with Crippen LogP contribution in [0.25, 0.3) is 0 Å². The van der Waals surface area contributed by atoms with Crippen LogP contribution < -0.4 is 0 Å². The van der Waals surface area contributed by atoms with Crippen LogP contribution in [0.1, 0.15) is 112 Å². The molecule has 0 aromatic carbocycles. The van der Waals surface area contributed by atoms with Gasteiger partial charge in [0, 0.05) is 18.3 Å². The van der Waals surface area contributed by atoms with Crippen molar-refractivity contribution < 1.29 is 15.0 Å². The molecule has 2 N–H and O–H groups in total. The van der Waals surface area contributed by atoms with E-state index < -0.39 is 11.7 Å². The molecule has 0 aromatic rings. The van der Waals surface area contributed by atoms with E-state index in [1.807, 2.05) is 0 Å². The number of fused-ring (bicyclic) bond motifs is 5. The molecule has 184 valence electrons. The van der Waals surface area contributed by atoms with Crippen LogP contribution in [-0.4, -0.2) is 27.7 Å². The zero-order valence-corrected chi connectivity index (χ0v) is 21.7. The smallest absolute Gasteiger partial charge is 0.165 e. The maximum atomic E-state index is 13.4. The molecule has 0 radical (unpaired) electrons. The van der Waals surface area contributed by atoms with Crippen molar-refractivity contribution in [1.82, 2.24) is 0 Å². The number of carbonyl (C=O) groups is 1. The van der Waals surface area contributed by atoms with Gasteiger partial charge in [-0.1, -0.05) is 54.4 Å². The molecule has 4 rings (SSSR count). The number of rotatable bonds is 6. The molecule has 4 fully saturated rings. The Morgan fingerprint density at radius 1 is 1.00 bits per heavy atom. The van der Waals surface area contributed by atoms with Crippen molar-refractivity contribution in [2.75, 3.05) is 0 Å². The van der Waals surface area contributed by atoms with E-state index in [1.54, 1.807) is 0 Å². The zero-order chi connectivity index (χ0) is 23.5. The lowest BCUT2D eigenvalue weighted by molar-refractivity contribution is -0.213. The molecule has 4 aliphatic rings. The van der Waals surface area contributed by atoms with Gasteiger partial charge < -0.3 is 10.2 Å². The van der Waals surface area contributed by atoms with Crippen molar-refractivity contribution in [3.63, 3.8) is 0 Å². The molecular formula is C29H50O3. The van der Waals surface area contributed by atoms with E-state index in [0.717, 1.165) is 42.9 Å². The minimum absolute atomic E-state index is 0.0310. The second-order valence-corrected chi connectivity index (χ2v) is 13.4. The molecule has 3 heteroatoms.